The van der Waals surface area contributed by atoms with Gasteiger partial charge in [0.05, 0.1) is 18.1 Å². The minimum atomic E-state index is 0.0304. The van der Waals surface area contributed by atoms with E-state index in [1.165, 1.54) is 11.8 Å². The molecule has 3 rings (SSSR count). The van der Waals surface area contributed by atoms with Crippen LogP contribution in [-0.4, -0.2) is 59.4 Å². The highest BCUT2D eigenvalue weighted by Crippen LogP contribution is 2.32. The highest BCUT2D eigenvalue weighted by atomic mass is 32.2. The molecule has 26 heavy (non-hydrogen) atoms. The van der Waals surface area contributed by atoms with Gasteiger partial charge in [-0.15, -0.1) is 0 Å². The van der Waals surface area contributed by atoms with E-state index in [9.17, 15) is 4.79 Å². The average Bonchev–Trinajstić information content (AvgIpc) is 2.90. The van der Waals surface area contributed by atoms with Crippen LogP contribution >= 0.6 is 24.0 Å². The van der Waals surface area contributed by atoms with E-state index in [0.717, 1.165) is 50.4 Å². The summed E-state index contributed by atoms with van der Waals surface area (Å²) in [6.45, 7) is 7.22. The van der Waals surface area contributed by atoms with Crippen molar-refractivity contribution in [1.82, 2.24) is 9.80 Å². The molecule has 4 nitrogen and oxygen atoms in total. The van der Waals surface area contributed by atoms with Gasteiger partial charge in [-0.25, -0.2) is 0 Å². The lowest BCUT2D eigenvalue weighted by Crippen LogP contribution is -2.38. The highest BCUT2D eigenvalue weighted by Gasteiger charge is 2.31. The maximum Gasteiger partial charge on any atom is 0.266 e. The van der Waals surface area contributed by atoms with Crippen LogP contribution < -0.4 is 0 Å². The number of hydrogen-bond donors (Lipinski definition) is 0. The fourth-order valence-electron chi connectivity index (χ4n) is 3.03. The van der Waals surface area contributed by atoms with Crippen LogP contribution in [0.1, 0.15) is 18.9 Å². The summed E-state index contributed by atoms with van der Waals surface area (Å²) in [4.78, 5) is 17.5. The van der Waals surface area contributed by atoms with Crippen molar-refractivity contribution in [2.45, 2.75) is 13.3 Å². The quantitative estimate of drug-likeness (QED) is 0.550. The predicted octanol–water partition coefficient (Wildman–Crippen LogP) is 3.56. The number of thiocarbonyl (C=S) groups is 1. The smallest absolute Gasteiger partial charge is 0.266 e. The molecule has 0 aromatic heterocycles. The zero-order valence-electron chi connectivity index (χ0n) is 15.0. The first-order valence-electron chi connectivity index (χ1n) is 8.92. The molecule has 2 aliphatic rings. The monoisotopic (exact) mass is 388 g/mol. The van der Waals surface area contributed by atoms with Gasteiger partial charge >= 0.3 is 0 Å². The van der Waals surface area contributed by atoms with E-state index in [2.05, 4.69) is 11.0 Å². The molecule has 2 heterocycles. The van der Waals surface area contributed by atoms with Crippen molar-refractivity contribution in [2.75, 3.05) is 39.4 Å². The lowest BCUT2D eigenvalue weighted by Gasteiger charge is -2.27. The molecule has 0 bridgehead atoms. The maximum atomic E-state index is 12.7. The second kappa shape index (κ2) is 9.46. The van der Waals surface area contributed by atoms with Crippen molar-refractivity contribution in [3.05, 3.63) is 52.4 Å². The first-order valence-corrected chi connectivity index (χ1v) is 10.1. The number of morpholine rings is 1. The van der Waals surface area contributed by atoms with Gasteiger partial charge in [-0.05, 0) is 30.6 Å². The molecule has 138 valence electrons. The molecule has 2 saturated heterocycles. The standard InChI is InChI=1S/C20H24N2O2S2/c1-16(14-17-6-3-2-4-7-17)15-18-19(23)22(20(25)26-18)9-5-8-21-10-12-24-13-11-21/h2-4,6-7,14-15H,5,8-13H2,1H3. The molecule has 0 N–H and O–H groups in total. The molecule has 0 atom stereocenters. The van der Waals surface area contributed by atoms with Gasteiger partial charge in [0, 0.05) is 26.2 Å². The fraction of sp³-hybridized carbons (Fsp3) is 0.400. The van der Waals surface area contributed by atoms with E-state index >= 15 is 0 Å². The van der Waals surface area contributed by atoms with Crippen LogP contribution in [0.25, 0.3) is 6.08 Å². The fourth-order valence-corrected chi connectivity index (χ4v) is 4.39. The highest BCUT2D eigenvalue weighted by molar-refractivity contribution is 8.26. The number of carbonyl (C=O) groups is 1. The Bertz CT molecular complexity index is 710. The molecule has 1 aromatic rings. The van der Waals surface area contributed by atoms with Crippen molar-refractivity contribution >= 4 is 40.3 Å². The van der Waals surface area contributed by atoms with Gasteiger partial charge in [0.15, 0.2) is 0 Å². The number of ether oxygens (including phenoxy) is 1. The van der Waals surface area contributed by atoms with Gasteiger partial charge in [-0.3, -0.25) is 14.6 Å². The minimum Gasteiger partial charge on any atom is -0.379 e. The molecular formula is C20H24N2O2S2. The summed E-state index contributed by atoms with van der Waals surface area (Å²) in [7, 11) is 0. The molecule has 2 fully saturated rings. The zero-order valence-corrected chi connectivity index (χ0v) is 16.7. The second-order valence-electron chi connectivity index (χ2n) is 6.44. The van der Waals surface area contributed by atoms with Crippen molar-refractivity contribution < 1.29 is 9.53 Å². The van der Waals surface area contributed by atoms with Gasteiger partial charge in [-0.1, -0.05) is 60.4 Å². The molecule has 0 radical (unpaired) electrons. The van der Waals surface area contributed by atoms with Gasteiger partial charge < -0.3 is 4.74 Å². The van der Waals surface area contributed by atoms with Crippen molar-refractivity contribution in [1.29, 1.82) is 0 Å². The topological polar surface area (TPSA) is 32.8 Å². The Morgan fingerprint density at radius 3 is 2.69 bits per heavy atom. The van der Waals surface area contributed by atoms with Crippen LogP contribution in [0.2, 0.25) is 0 Å². The van der Waals surface area contributed by atoms with Crippen LogP contribution in [0.5, 0.6) is 0 Å². The van der Waals surface area contributed by atoms with Gasteiger partial charge in [0.2, 0.25) is 0 Å². The molecule has 0 spiro atoms. The molecule has 0 aliphatic carbocycles. The summed E-state index contributed by atoms with van der Waals surface area (Å²) in [5, 5.41) is 0. The third-order valence-corrected chi connectivity index (χ3v) is 5.76. The van der Waals surface area contributed by atoms with E-state index in [1.807, 2.05) is 43.3 Å². The predicted molar refractivity (Wildman–Crippen MR) is 112 cm³/mol. The Balaban J connectivity index is 1.56. The van der Waals surface area contributed by atoms with Crippen LogP contribution in [0, 0.1) is 0 Å². The number of hydrogen-bond acceptors (Lipinski definition) is 5. The molecular weight excluding hydrogens is 364 g/mol. The van der Waals surface area contributed by atoms with Gasteiger partial charge in [0.1, 0.15) is 4.32 Å². The number of allylic oxidation sites excluding steroid dienone is 2. The minimum absolute atomic E-state index is 0.0304. The number of thioether (sulfide) groups is 1. The van der Waals surface area contributed by atoms with E-state index in [1.54, 1.807) is 4.90 Å². The Morgan fingerprint density at radius 1 is 1.23 bits per heavy atom. The lowest BCUT2D eigenvalue weighted by molar-refractivity contribution is -0.122. The summed E-state index contributed by atoms with van der Waals surface area (Å²) >= 11 is 6.82. The second-order valence-corrected chi connectivity index (χ2v) is 8.12. The summed E-state index contributed by atoms with van der Waals surface area (Å²) in [6.07, 6.45) is 4.94. The first-order chi connectivity index (χ1) is 12.6. The Kier molecular flexibility index (Phi) is 7.02. The van der Waals surface area contributed by atoms with Crippen molar-refractivity contribution in [3.63, 3.8) is 0 Å². The van der Waals surface area contributed by atoms with Crippen molar-refractivity contribution in [3.8, 4) is 0 Å². The largest absolute Gasteiger partial charge is 0.379 e. The van der Waals surface area contributed by atoms with E-state index < -0.39 is 0 Å². The third kappa shape index (κ3) is 5.27. The number of carbonyl (C=O) groups excluding carboxylic acids is 1. The lowest BCUT2D eigenvalue weighted by atomic mass is 10.1. The number of nitrogens with zero attached hydrogens (tertiary/aromatic N) is 2. The van der Waals surface area contributed by atoms with E-state index in [-0.39, 0.29) is 5.91 Å². The molecule has 0 saturated carbocycles. The molecule has 1 aromatic carbocycles. The summed E-state index contributed by atoms with van der Waals surface area (Å²) in [6, 6.07) is 10.1. The molecule has 6 heteroatoms. The maximum absolute atomic E-state index is 12.7. The van der Waals surface area contributed by atoms with Crippen LogP contribution in [0.4, 0.5) is 0 Å². The average molecular weight is 389 g/mol. The van der Waals surface area contributed by atoms with Gasteiger partial charge in [-0.2, -0.15) is 0 Å². The summed E-state index contributed by atoms with van der Waals surface area (Å²) in [5.74, 6) is 0.0304. The van der Waals surface area contributed by atoms with Crippen LogP contribution in [0.3, 0.4) is 0 Å². The molecule has 0 unspecified atom stereocenters. The van der Waals surface area contributed by atoms with Crippen LogP contribution in [-0.2, 0) is 9.53 Å². The zero-order chi connectivity index (χ0) is 18.4. The number of benzene rings is 1. The number of rotatable bonds is 6. The van der Waals surface area contributed by atoms with E-state index in [0.29, 0.717) is 15.8 Å². The van der Waals surface area contributed by atoms with Gasteiger partial charge in [0.25, 0.3) is 5.91 Å². The number of amides is 1. The SMILES string of the molecule is CC(=Cc1ccccc1)C=C1SC(=S)N(CCCN2CCOCC2)C1=O. The Labute approximate surface area is 164 Å². The van der Waals surface area contributed by atoms with E-state index in [4.69, 9.17) is 17.0 Å². The Morgan fingerprint density at radius 2 is 1.96 bits per heavy atom. The van der Waals surface area contributed by atoms with Crippen molar-refractivity contribution in [2.24, 2.45) is 0 Å². The summed E-state index contributed by atoms with van der Waals surface area (Å²) < 4.78 is 6.03. The normalized spacial score (nSPS) is 21.0. The Hall–Kier alpha value is -1.47. The third-order valence-electron chi connectivity index (χ3n) is 4.39. The summed E-state index contributed by atoms with van der Waals surface area (Å²) in [5.41, 5.74) is 2.17. The molecule has 1 amide bonds. The first kappa shape index (κ1) is 19.3. The van der Waals surface area contributed by atoms with Crippen LogP contribution in [0.15, 0.2) is 46.9 Å². The molecule has 2 aliphatic heterocycles.